The molecule has 0 spiro atoms. The zero-order valence-corrected chi connectivity index (χ0v) is 13.3. The molecule has 3 nitrogen and oxygen atoms in total. The van der Waals surface area contributed by atoms with Crippen LogP contribution < -0.4 is 5.73 Å². The molecule has 0 aliphatic carbocycles. The molecule has 2 heterocycles. The van der Waals surface area contributed by atoms with Crippen molar-refractivity contribution in [1.29, 1.82) is 0 Å². The highest BCUT2D eigenvalue weighted by Gasteiger charge is 2.29. The predicted octanol–water partition coefficient (Wildman–Crippen LogP) is 2.25. The van der Waals surface area contributed by atoms with Crippen molar-refractivity contribution in [1.82, 2.24) is 9.80 Å². The summed E-state index contributed by atoms with van der Waals surface area (Å²) in [6, 6.07) is 0.825. The van der Waals surface area contributed by atoms with Gasteiger partial charge in [0.05, 0.1) is 4.99 Å². The van der Waals surface area contributed by atoms with Gasteiger partial charge in [-0.2, -0.15) is 0 Å². The lowest BCUT2D eigenvalue weighted by atomic mass is 9.87. The standard InChI is InChI=1S/C15H29N3S/c1-15(2,14(16)19)7-5-8-17-10-11-18-9-4-3-6-13(18)12-17/h13H,3-12H2,1-2H3,(H2,16,19). The van der Waals surface area contributed by atoms with Crippen LogP contribution in [-0.4, -0.2) is 53.6 Å². The molecule has 4 heteroatoms. The predicted molar refractivity (Wildman–Crippen MR) is 85.5 cm³/mol. The minimum atomic E-state index is 0.0159. The molecule has 0 aromatic carbocycles. The van der Waals surface area contributed by atoms with Gasteiger partial charge >= 0.3 is 0 Å². The molecule has 0 amide bonds. The number of hydrogen-bond acceptors (Lipinski definition) is 3. The van der Waals surface area contributed by atoms with Crippen LogP contribution in [0.15, 0.2) is 0 Å². The molecule has 19 heavy (non-hydrogen) atoms. The van der Waals surface area contributed by atoms with Gasteiger partial charge in [0.1, 0.15) is 0 Å². The highest BCUT2D eigenvalue weighted by molar-refractivity contribution is 7.80. The summed E-state index contributed by atoms with van der Waals surface area (Å²) in [4.78, 5) is 5.99. The molecule has 2 saturated heterocycles. The molecule has 0 aromatic rings. The van der Waals surface area contributed by atoms with Crippen LogP contribution in [0.5, 0.6) is 0 Å². The summed E-state index contributed by atoms with van der Waals surface area (Å²) in [6.45, 7) is 10.6. The molecular weight excluding hydrogens is 254 g/mol. The molecule has 110 valence electrons. The monoisotopic (exact) mass is 283 g/mol. The van der Waals surface area contributed by atoms with E-state index in [9.17, 15) is 0 Å². The fourth-order valence-electron chi connectivity index (χ4n) is 3.29. The molecule has 2 rings (SSSR count). The summed E-state index contributed by atoms with van der Waals surface area (Å²) in [6.07, 6.45) is 6.53. The maximum atomic E-state index is 5.79. The van der Waals surface area contributed by atoms with Crippen molar-refractivity contribution in [2.45, 2.75) is 52.0 Å². The largest absolute Gasteiger partial charge is 0.393 e. The zero-order valence-electron chi connectivity index (χ0n) is 12.5. The van der Waals surface area contributed by atoms with Crippen LogP contribution in [0.25, 0.3) is 0 Å². The molecule has 0 aromatic heterocycles. The fraction of sp³-hybridized carbons (Fsp3) is 0.933. The fourth-order valence-corrected chi connectivity index (χ4v) is 3.39. The van der Waals surface area contributed by atoms with Crippen LogP contribution in [-0.2, 0) is 0 Å². The number of rotatable bonds is 5. The van der Waals surface area contributed by atoms with Gasteiger partial charge in [0.25, 0.3) is 0 Å². The first-order valence-corrected chi connectivity index (χ1v) is 8.16. The van der Waals surface area contributed by atoms with Gasteiger partial charge in [-0.1, -0.05) is 32.5 Å². The minimum absolute atomic E-state index is 0.0159. The van der Waals surface area contributed by atoms with E-state index in [1.165, 1.54) is 58.4 Å². The second kappa shape index (κ2) is 6.51. The van der Waals surface area contributed by atoms with E-state index in [0.717, 1.165) is 12.5 Å². The maximum Gasteiger partial charge on any atom is 0.0784 e. The van der Waals surface area contributed by atoms with E-state index >= 15 is 0 Å². The van der Waals surface area contributed by atoms with E-state index in [1.54, 1.807) is 0 Å². The van der Waals surface area contributed by atoms with E-state index in [2.05, 4.69) is 23.6 Å². The van der Waals surface area contributed by atoms with Crippen molar-refractivity contribution in [3.8, 4) is 0 Å². The topological polar surface area (TPSA) is 32.5 Å². The highest BCUT2D eigenvalue weighted by Crippen LogP contribution is 2.24. The lowest BCUT2D eigenvalue weighted by Crippen LogP contribution is -2.54. The van der Waals surface area contributed by atoms with Gasteiger partial charge in [-0.3, -0.25) is 4.90 Å². The van der Waals surface area contributed by atoms with Gasteiger partial charge < -0.3 is 10.6 Å². The Kier molecular flexibility index (Phi) is 5.21. The Morgan fingerprint density at radius 3 is 2.79 bits per heavy atom. The number of thiocarbonyl (C=S) groups is 1. The van der Waals surface area contributed by atoms with Gasteiger partial charge in [0, 0.05) is 31.1 Å². The lowest BCUT2D eigenvalue weighted by molar-refractivity contribution is 0.0480. The van der Waals surface area contributed by atoms with Crippen molar-refractivity contribution in [3.63, 3.8) is 0 Å². The van der Waals surface area contributed by atoms with E-state index in [0.29, 0.717) is 4.99 Å². The van der Waals surface area contributed by atoms with E-state index in [-0.39, 0.29) is 5.41 Å². The molecule has 0 saturated carbocycles. The molecule has 0 radical (unpaired) electrons. The summed E-state index contributed by atoms with van der Waals surface area (Å²) in [5, 5.41) is 0. The minimum Gasteiger partial charge on any atom is -0.393 e. The summed E-state index contributed by atoms with van der Waals surface area (Å²) in [5.41, 5.74) is 5.80. The Hall–Kier alpha value is -0.190. The summed E-state index contributed by atoms with van der Waals surface area (Å²) in [5.74, 6) is 0. The first-order valence-electron chi connectivity index (χ1n) is 7.75. The maximum absolute atomic E-state index is 5.79. The van der Waals surface area contributed by atoms with Crippen LogP contribution in [0.2, 0.25) is 0 Å². The Balaban J connectivity index is 1.71. The van der Waals surface area contributed by atoms with Crippen LogP contribution in [0, 0.1) is 5.41 Å². The van der Waals surface area contributed by atoms with Crippen LogP contribution in [0.1, 0.15) is 46.0 Å². The number of hydrogen-bond donors (Lipinski definition) is 1. The molecule has 0 bridgehead atoms. The van der Waals surface area contributed by atoms with Gasteiger partial charge in [0.15, 0.2) is 0 Å². The number of nitrogens with two attached hydrogens (primary N) is 1. The van der Waals surface area contributed by atoms with Gasteiger partial charge in [-0.25, -0.2) is 0 Å². The first kappa shape index (κ1) is 15.2. The van der Waals surface area contributed by atoms with Crippen LogP contribution >= 0.6 is 12.2 Å². The van der Waals surface area contributed by atoms with Crippen LogP contribution in [0.4, 0.5) is 0 Å². The van der Waals surface area contributed by atoms with Crippen LogP contribution in [0.3, 0.4) is 0 Å². The number of piperidine rings is 1. The average Bonchev–Trinajstić information content (AvgIpc) is 2.38. The second-order valence-electron chi connectivity index (χ2n) is 6.84. The van der Waals surface area contributed by atoms with Gasteiger partial charge in [0.2, 0.25) is 0 Å². The van der Waals surface area contributed by atoms with Crippen molar-refractivity contribution in [2.24, 2.45) is 11.1 Å². The third-order valence-corrected chi connectivity index (χ3v) is 5.42. The SMILES string of the molecule is CC(C)(CCCN1CCN2CCCCC2C1)C(N)=S. The zero-order chi connectivity index (χ0) is 13.9. The van der Waals surface area contributed by atoms with Crippen molar-refractivity contribution in [2.75, 3.05) is 32.7 Å². The number of fused-ring (bicyclic) bond motifs is 1. The third kappa shape index (κ3) is 4.14. The Morgan fingerprint density at radius 1 is 1.26 bits per heavy atom. The van der Waals surface area contributed by atoms with Gasteiger partial charge in [-0.15, -0.1) is 0 Å². The quantitative estimate of drug-likeness (QED) is 0.785. The normalized spacial score (nSPS) is 26.1. The Morgan fingerprint density at radius 2 is 2.05 bits per heavy atom. The molecule has 1 unspecified atom stereocenters. The van der Waals surface area contributed by atoms with E-state index in [1.807, 2.05) is 0 Å². The average molecular weight is 283 g/mol. The van der Waals surface area contributed by atoms with Crippen molar-refractivity contribution in [3.05, 3.63) is 0 Å². The number of nitrogens with zero attached hydrogens (tertiary/aromatic N) is 2. The first-order chi connectivity index (χ1) is 8.99. The summed E-state index contributed by atoms with van der Waals surface area (Å²) >= 11 is 5.14. The van der Waals surface area contributed by atoms with Crippen molar-refractivity contribution < 1.29 is 0 Å². The Labute approximate surface area is 123 Å². The van der Waals surface area contributed by atoms with Gasteiger partial charge in [-0.05, 0) is 38.8 Å². The number of piperazine rings is 1. The molecule has 1 atom stereocenters. The molecule has 2 aliphatic rings. The Bertz CT molecular complexity index is 317. The summed E-state index contributed by atoms with van der Waals surface area (Å²) in [7, 11) is 0. The highest BCUT2D eigenvalue weighted by atomic mass is 32.1. The smallest absolute Gasteiger partial charge is 0.0784 e. The lowest BCUT2D eigenvalue weighted by Gasteiger charge is -2.44. The third-order valence-electron chi connectivity index (χ3n) is 4.86. The molecule has 2 N–H and O–H groups in total. The van der Waals surface area contributed by atoms with E-state index < -0.39 is 0 Å². The second-order valence-corrected chi connectivity index (χ2v) is 7.28. The molecule has 2 aliphatic heterocycles. The van der Waals surface area contributed by atoms with Crippen molar-refractivity contribution >= 4 is 17.2 Å². The molecule has 2 fully saturated rings. The summed E-state index contributed by atoms with van der Waals surface area (Å²) < 4.78 is 0. The van der Waals surface area contributed by atoms with E-state index in [4.69, 9.17) is 18.0 Å². The molecular formula is C15H29N3S.